The van der Waals surface area contributed by atoms with Gasteiger partial charge in [-0.2, -0.15) is 0 Å². The topological polar surface area (TPSA) is 72.2 Å². The molecule has 1 aromatic carbocycles. The summed E-state index contributed by atoms with van der Waals surface area (Å²) in [6.07, 6.45) is 6.10. The Kier molecular flexibility index (Phi) is 5.99. The van der Waals surface area contributed by atoms with Gasteiger partial charge in [-0.1, -0.05) is 50.5 Å². The Morgan fingerprint density at radius 1 is 1.18 bits per heavy atom. The maximum absolute atomic E-state index is 12.3. The van der Waals surface area contributed by atoms with E-state index in [1.54, 1.807) is 0 Å². The van der Waals surface area contributed by atoms with Gasteiger partial charge in [-0.15, -0.1) is 0 Å². The molecule has 2 rings (SSSR count). The van der Waals surface area contributed by atoms with Crippen LogP contribution in [0, 0.1) is 5.92 Å². The van der Waals surface area contributed by atoms with E-state index in [9.17, 15) is 9.59 Å². The van der Waals surface area contributed by atoms with Crippen molar-refractivity contribution < 1.29 is 9.59 Å². The molecule has 1 fully saturated rings. The van der Waals surface area contributed by atoms with Crippen LogP contribution in [0.1, 0.15) is 50.2 Å². The summed E-state index contributed by atoms with van der Waals surface area (Å²) in [4.78, 5) is 23.9. The summed E-state index contributed by atoms with van der Waals surface area (Å²) < 4.78 is 0. The lowest BCUT2D eigenvalue weighted by molar-refractivity contribution is -0.125. The van der Waals surface area contributed by atoms with Gasteiger partial charge < -0.3 is 11.1 Å². The van der Waals surface area contributed by atoms with Gasteiger partial charge in [-0.05, 0) is 30.4 Å². The first-order valence-electron chi connectivity index (χ1n) is 8.26. The Morgan fingerprint density at radius 2 is 1.91 bits per heavy atom. The smallest absolute Gasteiger partial charge is 0.224 e. The van der Waals surface area contributed by atoms with Crippen LogP contribution in [0.25, 0.3) is 0 Å². The zero-order valence-electron chi connectivity index (χ0n) is 13.3. The second-order valence-corrected chi connectivity index (χ2v) is 6.17. The minimum absolute atomic E-state index is 0.0218. The van der Waals surface area contributed by atoms with Crippen molar-refractivity contribution in [2.24, 2.45) is 11.7 Å². The van der Waals surface area contributed by atoms with Gasteiger partial charge in [0, 0.05) is 6.04 Å². The molecule has 1 aromatic rings. The van der Waals surface area contributed by atoms with Crippen LogP contribution in [0.4, 0.5) is 0 Å². The molecule has 2 atom stereocenters. The number of carbonyl (C=O) groups excluding carboxylic acids is 2. The first-order valence-corrected chi connectivity index (χ1v) is 8.26. The van der Waals surface area contributed by atoms with Crippen LogP contribution in [-0.4, -0.2) is 17.9 Å². The number of carbonyl (C=O) groups is 2. The Bertz CT molecular complexity index is 528. The molecule has 0 spiro atoms. The van der Waals surface area contributed by atoms with Gasteiger partial charge >= 0.3 is 0 Å². The first-order chi connectivity index (χ1) is 10.6. The van der Waals surface area contributed by atoms with Gasteiger partial charge in [-0.3, -0.25) is 9.59 Å². The Balaban J connectivity index is 1.98. The number of aryl methyl sites for hydroxylation is 1. The van der Waals surface area contributed by atoms with Crippen molar-refractivity contribution in [3.8, 4) is 0 Å². The molecule has 0 aliphatic heterocycles. The van der Waals surface area contributed by atoms with E-state index in [1.165, 1.54) is 5.56 Å². The fourth-order valence-electron chi connectivity index (χ4n) is 3.22. The minimum atomic E-state index is -0.291. The molecule has 0 heterocycles. The Morgan fingerprint density at radius 3 is 2.64 bits per heavy atom. The average molecular weight is 302 g/mol. The van der Waals surface area contributed by atoms with Crippen LogP contribution in [0.15, 0.2) is 24.3 Å². The summed E-state index contributed by atoms with van der Waals surface area (Å²) in [5.41, 5.74) is 7.75. The number of hydrogen-bond acceptors (Lipinski definition) is 2. The molecule has 120 valence electrons. The Labute approximate surface area is 132 Å². The largest absolute Gasteiger partial charge is 0.369 e. The lowest BCUT2D eigenvalue weighted by Crippen LogP contribution is -2.45. The fourth-order valence-corrected chi connectivity index (χ4v) is 3.22. The van der Waals surface area contributed by atoms with Crippen molar-refractivity contribution in [1.82, 2.24) is 5.32 Å². The molecule has 0 saturated heterocycles. The van der Waals surface area contributed by atoms with Crippen LogP contribution in [0.5, 0.6) is 0 Å². The number of amides is 2. The van der Waals surface area contributed by atoms with Crippen molar-refractivity contribution in [1.29, 1.82) is 0 Å². The predicted octanol–water partition coefficient (Wildman–Crippen LogP) is 2.34. The lowest BCUT2D eigenvalue weighted by atomic mass is 9.93. The molecule has 0 radical (unpaired) electrons. The van der Waals surface area contributed by atoms with Crippen LogP contribution < -0.4 is 11.1 Å². The molecule has 1 aliphatic carbocycles. The molecule has 4 nitrogen and oxygen atoms in total. The molecule has 2 amide bonds. The molecule has 0 bridgehead atoms. The standard InChI is InChI=1S/C18H26N2O2/c1-2-13-7-6-8-14(11-13)12-17(21)20-16-10-5-3-4-9-15(16)18(19)22/h6-8,11,15-16H,2-5,9-10,12H2,1H3,(H2,19,22)(H,20,21). The summed E-state index contributed by atoms with van der Waals surface area (Å²) >= 11 is 0. The first kappa shape index (κ1) is 16.5. The average Bonchev–Trinajstić information content (AvgIpc) is 2.72. The fraction of sp³-hybridized carbons (Fsp3) is 0.556. The SMILES string of the molecule is CCc1cccc(CC(=O)NC2CCCCCC2C(N)=O)c1. The highest BCUT2D eigenvalue weighted by atomic mass is 16.2. The molecular weight excluding hydrogens is 276 g/mol. The van der Waals surface area contributed by atoms with E-state index in [0.29, 0.717) is 6.42 Å². The molecule has 1 saturated carbocycles. The second-order valence-electron chi connectivity index (χ2n) is 6.17. The van der Waals surface area contributed by atoms with Crippen molar-refractivity contribution >= 4 is 11.8 Å². The highest BCUT2D eigenvalue weighted by Gasteiger charge is 2.29. The summed E-state index contributed by atoms with van der Waals surface area (Å²) in [5.74, 6) is -0.542. The van der Waals surface area contributed by atoms with Gasteiger partial charge in [0.1, 0.15) is 0 Å². The third-order valence-electron chi connectivity index (χ3n) is 4.49. The number of hydrogen-bond donors (Lipinski definition) is 2. The highest BCUT2D eigenvalue weighted by molar-refractivity contribution is 5.81. The van der Waals surface area contributed by atoms with Gasteiger partial charge in [0.15, 0.2) is 0 Å². The maximum atomic E-state index is 12.3. The third kappa shape index (κ3) is 4.58. The van der Waals surface area contributed by atoms with Crippen LogP contribution in [-0.2, 0) is 22.4 Å². The molecule has 3 N–H and O–H groups in total. The van der Waals surface area contributed by atoms with E-state index in [-0.39, 0.29) is 23.8 Å². The quantitative estimate of drug-likeness (QED) is 0.819. The second kappa shape index (κ2) is 7.97. The van der Waals surface area contributed by atoms with Crippen molar-refractivity contribution in [2.75, 3.05) is 0 Å². The number of primary amides is 1. The molecule has 22 heavy (non-hydrogen) atoms. The molecule has 4 heteroatoms. The van der Waals surface area contributed by atoms with Gasteiger partial charge in [0.2, 0.25) is 11.8 Å². The van der Waals surface area contributed by atoms with Gasteiger partial charge in [0.25, 0.3) is 0 Å². The number of rotatable bonds is 5. The number of nitrogens with two attached hydrogens (primary N) is 1. The van der Waals surface area contributed by atoms with Crippen LogP contribution in [0.3, 0.4) is 0 Å². The van der Waals surface area contributed by atoms with E-state index in [0.717, 1.165) is 44.1 Å². The number of nitrogens with one attached hydrogen (secondary N) is 1. The van der Waals surface area contributed by atoms with Gasteiger partial charge in [0.05, 0.1) is 12.3 Å². The zero-order chi connectivity index (χ0) is 15.9. The number of benzene rings is 1. The predicted molar refractivity (Wildman–Crippen MR) is 87.2 cm³/mol. The van der Waals surface area contributed by atoms with E-state index in [1.807, 2.05) is 12.1 Å². The van der Waals surface area contributed by atoms with Crippen molar-refractivity contribution in [3.63, 3.8) is 0 Å². The molecule has 0 aromatic heterocycles. The summed E-state index contributed by atoms with van der Waals surface area (Å²) in [6.45, 7) is 2.10. The van der Waals surface area contributed by atoms with Crippen LogP contribution in [0.2, 0.25) is 0 Å². The lowest BCUT2D eigenvalue weighted by Gasteiger charge is -2.23. The Hall–Kier alpha value is -1.84. The van der Waals surface area contributed by atoms with Crippen molar-refractivity contribution in [3.05, 3.63) is 35.4 Å². The van der Waals surface area contributed by atoms with E-state index >= 15 is 0 Å². The summed E-state index contributed by atoms with van der Waals surface area (Å²) in [6, 6.07) is 7.98. The summed E-state index contributed by atoms with van der Waals surface area (Å²) in [7, 11) is 0. The minimum Gasteiger partial charge on any atom is -0.369 e. The summed E-state index contributed by atoms with van der Waals surface area (Å²) in [5, 5.41) is 3.04. The van der Waals surface area contributed by atoms with E-state index < -0.39 is 0 Å². The molecular formula is C18H26N2O2. The highest BCUT2D eigenvalue weighted by Crippen LogP contribution is 2.23. The normalized spacial score (nSPS) is 21.9. The third-order valence-corrected chi connectivity index (χ3v) is 4.49. The molecule has 2 unspecified atom stereocenters. The van der Waals surface area contributed by atoms with Crippen LogP contribution >= 0.6 is 0 Å². The van der Waals surface area contributed by atoms with E-state index in [2.05, 4.69) is 24.4 Å². The van der Waals surface area contributed by atoms with E-state index in [4.69, 9.17) is 5.73 Å². The molecule has 1 aliphatic rings. The van der Waals surface area contributed by atoms with Crippen molar-refractivity contribution in [2.45, 2.75) is 57.9 Å². The monoisotopic (exact) mass is 302 g/mol. The zero-order valence-corrected chi connectivity index (χ0v) is 13.3. The van der Waals surface area contributed by atoms with Gasteiger partial charge in [-0.25, -0.2) is 0 Å². The maximum Gasteiger partial charge on any atom is 0.224 e.